The van der Waals surface area contributed by atoms with Crippen LogP contribution in [0.1, 0.15) is 16.1 Å². The average molecular weight is 302 g/mol. The molecular weight excluding hydrogens is 283 g/mol. The minimum atomic E-state index is -0.206. The Bertz CT molecular complexity index is 662. The molecule has 0 aliphatic carbocycles. The molecule has 0 radical (unpaired) electrons. The van der Waals surface area contributed by atoms with Gasteiger partial charge in [0.2, 0.25) is 0 Å². The third-order valence-corrected chi connectivity index (χ3v) is 3.99. The first-order valence-corrected chi connectivity index (χ1v) is 7.36. The number of aromatic nitrogens is 2. The van der Waals surface area contributed by atoms with E-state index in [1.54, 1.807) is 29.2 Å². The fourth-order valence-electron chi connectivity index (χ4n) is 2.73. The van der Waals surface area contributed by atoms with Crippen LogP contribution in [0.4, 0.5) is 4.39 Å². The van der Waals surface area contributed by atoms with Crippen molar-refractivity contribution in [1.29, 1.82) is 0 Å². The second-order valence-corrected chi connectivity index (χ2v) is 5.59. The highest BCUT2D eigenvalue weighted by molar-refractivity contribution is 5.92. The maximum absolute atomic E-state index is 13.2. The van der Waals surface area contributed by atoms with Crippen LogP contribution >= 0.6 is 0 Å². The number of hydrogen-bond donors (Lipinski definition) is 0. The molecule has 1 aromatic carbocycles. The average Bonchev–Trinajstić information content (AvgIpc) is 2.93. The summed E-state index contributed by atoms with van der Waals surface area (Å²) < 4.78 is 14.9. The standard InChI is InChI=1S/C16H19FN4O/c1-19-12-18-10-15(19)16(22)21-7-5-20(6-8-21)11-13-3-2-4-14(17)9-13/h2-4,9-10,12H,5-8,11H2,1H3. The quantitative estimate of drug-likeness (QED) is 0.863. The van der Waals surface area contributed by atoms with Crippen molar-refractivity contribution >= 4 is 5.91 Å². The van der Waals surface area contributed by atoms with Gasteiger partial charge in [-0.05, 0) is 17.7 Å². The second-order valence-electron chi connectivity index (χ2n) is 5.59. The maximum Gasteiger partial charge on any atom is 0.272 e. The zero-order valence-electron chi connectivity index (χ0n) is 12.6. The van der Waals surface area contributed by atoms with Crippen molar-refractivity contribution in [2.24, 2.45) is 7.05 Å². The molecule has 1 fully saturated rings. The molecular formula is C16H19FN4O. The highest BCUT2D eigenvalue weighted by Crippen LogP contribution is 2.12. The fraction of sp³-hybridized carbons (Fsp3) is 0.375. The Labute approximate surface area is 129 Å². The van der Waals surface area contributed by atoms with Crippen molar-refractivity contribution in [1.82, 2.24) is 19.4 Å². The van der Waals surface area contributed by atoms with Crippen LogP contribution in [-0.4, -0.2) is 51.4 Å². The topological polar surface area (TPSA) is 41.4 Å². The van der Waals surface area contributed by atoms with E-state index in [9.17, 15) is 9.18 Å². The molecule has 5 nitrogen and oxygen atoms in total. The maximum atomic E-state index is 13.2. The predicted molar refractivity (Wildman–Crippen MR) is 80.8 cm³/mol. The highest BCUT2D eigenvalue weighted by Gasteiger charge is 2.23. The Kier molecular flexibility index (Phi) is 4.20. The smallest absolute Gasteiger partial charge is 0.272 e. The summed E-state index contributed by atoms with van der Waals surface area (Å²) in [7, 11) is 1.82. The van der Waals surface area contributed by atoms with Crippen LogP contribution in [-0.2, 0) is 13.6 Å². The lowest BCUT2D eigenvalue weighted by Crippen LogP contribution is -2.48. The number of carbonyl (C=O) groups is 1. The summed E-state index contributed by atoms with van der Waals surface area (Å²) in [6.45, 7) is 3.66. The van der Waals surface area contributed by atoms with E-state index in [1.807, 2.05) is 18.0 Å². The summed E-state index contributed by atoms with van der Waals surface area (Å²) >= 11 is 0. The number of amides is 1. The summed E-state index contributed by atoms with van der Waals surface area (Å²) in [6.07, 6.45) is 3.23. The van der Waals surface area contributed by atoms with Gasteiger partial charge in [-0.15, -0.1) is 0 Å². The lowest BCUT2D eigenvalue weighted by atomic mass is 10.2. The molecule has 22 heavy (non-hydrogen) atoms. The predicted octanol–water partition coefficient (Wildman–Crippen LogP) is 1.52. The first kappa shape index (κ1) is 14.7. The molecule has 1 aromatic heterocycles. The van der Waals surface area contributed by atoms with E-state index in [4.69, 9.17) is 0 Å². The van der Waals surface area contributed by atoms with E-state index >= 15 is 0 Å². The van der Waals surface area contributed by atoms with Gasteiger partial charge in [0.05, 0.1) is 12.5 Å². The molecule has 1 aliphatic rings. The molecule has 2 heterocycles. The van der Waals surface area contributed by atoms with Gasteiger partial charge >= 0.3 is 0 Å². The van der Waals surface area contributed by atoms with Crippen LogP contribution in [0.5, 0.6) is 0 Å². The van der Waals surface area contributed by atoms with Crippen LogP contribution < -0.4 is 0 Å². The van der Waals surface area contributed by atoms with E-state index in [-0.39, 0.29) is 11.7 Å². The number of rotatable bonds is 3. The fourth-order valence-corrected chi connectivity index (χ4v) is 2.73. The van der Waals surface area contributed by atoms with E-state index in [0.29, 0.717) is 25.3 Å². The van der Waals surface area contributed by atoms with Gasteiger partial charge < -0.3 is 9.47 Å². The van der Waals surface area contributed by atoms with E-state index in [2.05, 4.69) is 9.88 Å². The zero-order valence-corrected chi connectivity index (χ0v) is 12.6. The van der Waals surface area contributed by atoms with Crippen LogP contribution in [0.3, 0.4) is 0 Å². The van der Waals surface area contributed by atoms with Gasteiger partial charge in [0.25, 0.3) is 5.91 Å². The molecule has 0 saturated carbocycles. The largest absolute Gasteiger partial charge is 0.335 e. The number of nitrogens with zero attached hydrogens (tertiary/aromatic N) is 4. The van der Waals surface area contributed by atoms with Crippen molar-refractivity contribution in [3.05, 3.63) is 53.9 Å². The molecule has 1 aliphatic heterocycles. The third-order valence-electron chi connectivity index (χ3n) is 3.99. The van der Waals surface area contributed by atoms with Crippen molar-refractivity contribution in [2.45, 2.75) is 6.54 Å². The van der Waals surface area contributed by atoms with Crippen LogP contribution in [0.25, 0.3) is 0 Å². The molecule has 116 valence electrons. The third kappa shape index (κ3) is 3.17. The Morgan fingerprint density at radius 2 is 2.05 bits per heavy atom. The SMILES string of the molecule is Cn1cncc1C(=O)N1CCN(Cc2cccc(F)c2)CC1. The summed E-state index contributed by atoms with van der Waals surface area (Å²) in [6, 6.07) is 6.67. The monoisotopic (exact) mass is 302 g/mol. The molecule has 1 saturated heterocycles. The number of halogens is 1. The summed E-state index contributed by atoms with van der Waals surface area (Å²) in [4.78, 5) is 20.5. The molecule has 0 N–H and O–H groups in total. The molecule has 0 bridgehead atoms. The molecule has 0 atom stereocenters. The molecule has 0 unspecified atom stereocenters. The Balaban J connectivity index is 1.56. The number of benzene rings is 1. The number of piperazine rings is 1. The summed E-state index contributed by atoms with van der Waals surface area (Å²) in [5.74, 6) is -0.187. The van der Waals surface area contributed by atoms with Crippen LogP contribution in [0.15, 0.2) is 36.8 Å². The Morgan fingerprint density at radius 3 is 2.68 bits per heavy atom. The molecule has 0 spiro atoms. The van der Waals surface area contributed by atoms with Gasteiger partial charge in [-0.3, -0.25) is 9.69 Å². The van der Waals surface area contributed by atoms with Crippen LogP contribution in [0, 0.1) is 5.82 Å². The molecule has 1 amide bonds. The van der Waals surface area contributed by atoms with Crippen molar-refractivity contribution in [3.63, 3.8) is 0 Å². The molecule has 6 heteroatoms. The summed E-state index contributed by atoms with van der Waals surface area (Å²) in [5, 5.41) is 0. The normalized spacial score (nSPS) is 16.0. The van der Waals surface area contributed by atoms with E-state index < -0.39 is 0 Å². The molecule has 3 rings (SSSR count). The first-order chi connectivity index (χ1) is 10.6. The Morgan fingerprint density at radius 1 is 1.27 bits per heavy atom. The minimum absolute atomic E-state index is 0.0189. The first-order valence-electron chi connectivity index (χ1n) is 7.36. The van der Waals surface area contributed by atoms with Gasteiger partial charge in [-0.1, -0.05) is 12.1 Å². The second kappa shape index (κ2) is 6.27. The highest BCUT2D eigenvalue weighted by atomic mass is 19.1. The van der Waals surface area contributed by atoms with Gasteiger partial charge in [0, 0.05) is 39.8 Å². The number of aryl methyl sites for hydroxylation is 1. The lowest BCUT2D eigenvalue weighted by molar-refractivity contribution is 0.0619. The van der Waals surface area contributed by atoms with Crippen molar-refractivity contribution in [2.75, 3.05) is 26.2 Å². The van der Waals surface area contributed by atoms with Gasteiger partial charge in [-0.2, -0.15) is 0 Å². The number of hydrogen-bond acceptors (Lipinski definition) is 3. The summed E-state index contributed by atoms with van der Waals surface area (Å²) in [5.41, 5.74) is 1.57. The lowest BCUT2D eigenvalue weighted by Gasteiger charge is -2.34. The van der Waals surface area contributed by atoms with E-state index in [1.165, 1.54) is 6.07 Å². The van der Waals surface area contributed by atoms with Gasteiger partial charge in [-0.25, -0.2) is 9.37 Å². The van der Waals surface area contributed by atoms with Gasteiger partial charge in [0.1, 0.15) is 11.5 Å². The number of carbonyl (C=O) groups excluding carboxylic acids is 1. The molecule has 2 aromatic rings. The zero-order chi connectivity index (χ0) is 15.5. The van der Waals surface area contributed by atoms with Crippen molar-refractivity contribution < 1.29 is 9.18 Å². The van der Waals surface area contributed by atoms with Crippen LogP contribution in [0.2, 0.25) is 0 Å². The Hall–Kier alpha value is -2.21. The minimum Gasteiger partial charge on any atom is -0.335 e. The van der Waals surface area contributed by atoms with Crippen molar-refractivity contribution in [3.8, 4) is 0 Å². The van der Waals surface area contributed by atoms with E-state index in [0.717, 1.165) is 18.7 Å². The number of imidazole rings is 1. The van der Waals surface area contributed by atoms with Gasteiger partial charge in [0.15, 0.2) is 0 Å².